The van der Waals surface area contributed by atoms with Crippen molar-refractivity contribution in [3.05, 3.63) is 63.6 Å². The van der Waals surface area contributed by atoms with Gasteiger partial charge in [-0.25, -0.2) is 4.79 Å². The predicted molar refractivity (Wildman–Crippen MR) is 92.0 cm³/mol. The fourth-order valence-corrected chi connectivity index (χ4v) is 2.67. The minimum Gasteiger partial charge on any atom is -0.322 e. The zero-order valence-corrected chi connectivity index (χ0v) is 13.7. The molecule has 0 aliphatic rings. The number of carbonyl (C=O) groups excluding carboxylic acids is 1. The monoisotopic (exact) mass is 309 g/mol. The molecular weight excluding hydrogens is 290 g/mol. The molecule has 0 unspecified atom stereocenters. The molecule has 0 spiro atoms. The van der Waals surface area contributed by atoms with Gasteiger partial charge in [0.1, 0.15) is 0 Å². The molecule has 0 atom stereocenters. The van der Waals surface area contributed by atoms with Crippen molar-refractivity contribution >= 4 is 22.6 Å². The van der Waals surface area contributed by atoms with E-state index >= 15 is 0 Å². The Hall–Kier alpha value is -2.82. The van der Waals surface area contributed by atoms with E-state index in [0.29, 0.717) is 5.56 Å². The van der Waals surface area contributed by atoms with Crippen LogP contribution in [0.3, 0.4) is 0 Å². The second kappa shape index (κ2) is 5.43. The molecular formula is C18H19N3O2. The van der Waals surface area contributed by atoms with E-state index in [1.54, 1.807) is 41.4 Å². The van der Waals surface area contributed by atoms with Crippen molar-refractivity contribution < 1.29 is 4.79 Å². The molecule has 118 valence electrons. The van der Waals surface area contributed by atoms with Crippen LogP contribution in [0.5, 0.6) is 0 Å². The van der Waals surface area contributed by atoms with Crippen molar-refractivity contribution in [1.82, 2.24) is 9.13 Å². The summed E-state index contributed by atoms with van der Waals surface area (Å²) in [4.78, 5) is 24.4. The van der Waals surface area contributed by atoms with Gasteiger partial charge in [0.25, 0.3) is 5.91 Å². The van der Waals surface area contributed by atoms with E-state index in [-0.39, 0.29) is 11.6 Å². The highest BCUT2D eigenvalue weighted by atomic mass is 16.2. The minimum atomic E-state index is -0.188. The highest BCUT2D eigenvalue weighted by Gasteiger charge is 2.12. The Morgan fingerprint density at radius 2 is 1.61 bits per heavy atom. The normalized spacial score (nSPS) is 11.0. The lowest BCUT2D eigenvalue weighted by molar-refractivity contribution is 0.102. The zero-order chi connectivity index (χ0) is 16.7. The van der Waals surface area contributed by atoms with Crippen LogP contribution in [-0.2, 0) is 14.1 Å². The molecule has 3 aromatic rings. The number of imidazole rings is 1. The topological polar surface area (TPSA) is 56.0 Å². The first-order valence-electron chi connectivity index (χ1n) is 7.42. The molecule has 0 bridgehead atoms. The Kier molecular flexibility index (Phi) is 3.56. The van der Waals surface area contributed by atoms with Gasteiger partial charge in [-0.2, -0.15) is 0 Å². The van der Waals surface area contributed by atoms with Crippen LogP contribution in [0.25, 0.3) is 11.0 Å². The molecule has 3 rings (SSSR count). The summed E-state index contributed by atoms with van der Waals surface area (Å²) in [6.07, 6.45) is 0. The molecule has 1 aromatic heterocycles. The van der Waals surface area contributed by atoms with E-state index in [2.05, 4.69) is 5.32 Å². The molecule has 0 fully saturated rings. The van der Waals surface area contributed by atoms with Crippen LogP contribution in [-0.4, -0.2) is 15.0 Å². The SMILES string of the molecule is Cc1ccc(NC(=O)c2ccc3c(c2)n(C)c(=O)n3C)cc1C. The first kappa shape index (κ1) is 15.1. The van der Waals surface area contributed by atoms with E-state index in [1.807, 2.05) is 32.0 Å². The standard InChI is InChI=1S/C18H19N3O2/c1-11-5-7-14(9-12(11)2)19-17(22)13-6-8-15-16(10-13)21(4)18(23)20(15)3/h5-10H,1-4H3,(H,19,22). The molecule has 0 saturated heterocycles. The molecule has 1 N–H and O–H groups in total. The summed E-state index contributed by atoms with van der Waals surface area (Å²) < 4.78 is 3.11. The average molecular weight is 309 g/mol. The number of rotatable bonds is 2. The zero-order valence-electron chi connectivity index (χ0n) is 13.7. The van der Waals surface area contributed by atoms with Crippen LogP contribution < -0.4 is 11.0 Å². The van der Waals surface area contributed by atoms with Gasteiger partial charge in [0.05, 0.1) is 11.0 Å². The van der Waals surface area contributed by atoms with Crippen molar-refractivity contribution in [3.8, 4) is 0 Å². The fourth-order valence-electron chi connectivity index (χ4n) is 2.67. The number of hydrogen-bond acceptors (Lipinski definition) is 2. The van der Waals surface area contributed by atoms with Gasteiger partial charge in [0.15, 0.2) is 0 Å². The van der Waals surface area contributed by atoms with Crippen LogP contribution in [0.2, 0.25) is 0 Å². The number of nitrogens with one attached hydrogen (secondary N) is 1. The second-order valence-corrected chi connectivity index (χ2v) is 5.86. The summed E-state index contributed by atoms with van der Waals surface area (Å²) >= 11 is 0. The van der Waals surface area contributed by atoms with Crippen molar-refractivity contribution in [3.63, 3.8) is 0 Å². The Morgan fingerprint density at radius 1 is 0.913 bits per heavy atom. The molecule has 23 heavy (non-hydrogen) atoms. The van der Waals surface area contributed by atoms with Gasteiger partial charge in [-0.3, -0.25) is 13.9 Å². The molecule has 0 radical (unpaired) electrons. The number of benzene rings is 2. The highest BCUT2D eigenvalue weighted by molar-refractivity contribution is 6.06. The van der Waals surface area contributed by atoms with Crippen LogP contribution in [0, 0.1) is 13.8 Å². The number of fused-ring (bicyclic) bond motifs is 1. The number of nitrogens with zero attached hydrogens (tertiary/aromatic N) is 2. The van der Waals surface area contributed by atoms with Gasteiger partial charge < -0.3 is 5.32 Å². The summed E-state index contributed by atoms with van der Waals surface area (Å²) in [6, 6.07) is 11.1. The molecule has 5 heteroatoms. The Bertz CT molecular complexity index is 980. The second-order valence-electron chi connectivity index (χ2n) is 5.86. The van der Waals surface area contributed by atoms with Gasteiger partial charge in [0.2, 0.25) is 0 Å². The Balaban J connectivity index is 1.96. The first-order chi connectivity index (χ1) is 10.9. The number of aromatic nitrogens is 2. The van der Waals surface area contributed by atoms with Crippen LogP contribution >= 0.6 is 0 Å². The number of anilines is 1. The lowest BCUT2D eigenvalue weighted by Gasteiger charge is -2.08. The number of hydrogen-bond donors (Lipinski definition) is 1. The highest BCUT2D eigenvalue weighted by Crippen LogP contribution is 2.18. The predicted octanol–water partition coefficient (Wildman–Crippen LogP) is 2.75. The van der Waals surface area contributed by atoms with Crippen molar-refractivity contribution in [1.29, 1.82) is 0 Å². The third kappa shape index (κ3) is 2.54. The Morgan fingerprint density at radius 3 is 2.30 bits per heavy atom. The molecule has 0 saturated carbocycles. The molecule has 0 aliphatic heterocycles. The third-order valence-corrected chi connectivity index (χ3v) is 4.30. The molecule has 2 aromatic carbocycles. The van der Waals surface area contributed by atoms with E-state index in [0.717, 1.165) is 22.3 Å². The first-order valence-corrected chi connectivity index (χ1v) is 7.42. The third-order valence-electron chi connectivity index (χ3n) is 4.30. The maximum absolute atomic E-state index is 12.5. The largest absolute Gasteiger partial charge is 0.328 e. The summed E-state index contributed by atoms with van der Waals surface area (Å²) in [5, 5.41) is 2.90. The van der Waals surface area contributed by atoms with Crippen LogP contribution in [0.4, 0.5) is 5.69 Å². The quantitative estimate of drug-likeness (QED) is 0.791. The van der Waals surface area contributed by atoms with Crippen LogP contribution in [0.1, 0.15) is 21.5 Å². The maximum Gasteiger partial charge on any atom is 0.328 e. The molecule has 0 aliphatic carbocycles. The molecule has 5 nitrogen and oxygen atoms in total. The van der Waals surface area contributed by atoms with Gasteiger partial charge in [-0.05, 0) is 55.3 Å². The van der Waals surface area contributed by atoms with E-state index in [4.69, 9.17) is 0 Å². The van der Waals surface area contributed by atoms with Gasteiger partial charge in [-0.1, -0.05) is 6.07 Å². The van der Waals surface area contributed by atoms with Crippen molar-refractivity contribution in [2.75, 3.05) is 5.32 Å². The van der Waals surface area contributed by atoms with Gasteiger partial charge in [-0.15, -0.1) is 0 Å². The summed E-state index contributed by atoms with van der Waals surface area (Å²) in [7, 11) is 3.43. The maximum atomic E-state index is 12.5. The summed E-state index contributed by atoms with van der Waals surface area (Å²) in [5.74, 6) is -0.188. The number of amides is 1. The average Bonchev–Trinajstić information content (AvgIpc) is 2.75. The number of aryl methyl sites for hydroxylation is 4. The van der Waals surface area contributed by atoms with Crippen LogP contribution in [0.15, 0.2) is 41.2 Å². The lowest BCUT2D eigenvalue weighted by atomic mass is 10.1. The van der Waals surface area contributed by atoms with E-state index in [1.165, 1.54) is 5.56 Å². The smallest absolute Gasteiger partial charge is 0.322 e. The minimum absolute atomic E-state index is 0.105. The summed E-state index contributed by atoms with van der Waals surface area (Å²) in [5.41, 5.74) is 5.04. The Labute approximate surface area is 134 Å². The lowest BCUT2D eigenvalue weighted by Crippen LogP contribution is -2.19. The molecule has 1 heterocycles. The van der Waals surface area contributed by atoms with Gasteiger partial charge >= 0.3 is 5.69 Å². The van der Waals surface area contributed by atoms with E-state index < -0.39 is 0 Å². The molecule has 1 amide bonds. The van der Waals surface area contributed by atoms with Crippen molar-refractivity contribution in [2.24, 2.45) is 14.1 Å². The van der Waals surface area contributed by atoms with Gasteiger partial charge in [0, 0.05) is 25.3 Å². The van der Waals surface area contributed by atoms with Crippen molar-refractivity contribution in [2.45, 2.75) is 13.8 Å². The summed E-state index contributed by atoms with van der Waals surface area (Å²) in [6.45, 7) is 4.04. The number of carbonyl (C=O) groups is 1. The van der Waals surface area contributed by atoms with E-state index in [9.17, 15) is 9.59 Å². The fraction of sp³-hybridized carbons (Fsp3) is 0.222.